The van der Waals surface area contributed by atoms with Crippen molar-refractivity contribution in [3.63, 3.8) is 0 Å². The van der Waals surface area contributed by atoms with Gasteiger partial charge in [0.1, 0.15) is 0 Å². The monoisotopic (exact) mass is 1010 g/mol. The van der Waals surface area contributed by atoms with Gasteiger partial charge in [0.25, 0.3) is 0 Å². The quantitative estimate of drug-likeness (QED) is 0.120. The van der Waals surface area contributed by atoms with Gasteiger partial charge in [0.15, 0.2) is 0 Å². The summed E-state index contributed by atoms with van der Waals surface area (Å²) >= 11 is -3.07. The van der Waals surface area contributed by atoms with Crippen LogP contribution in [0.25, 0.3) is 22.5 Å². The number of hydrogen-bond acceptors (Lipinski definition) is 2. The van der Waals surface area contributed by atoms with Crippen molar-refractivity contribution < 1.29 is 21.1 Å². The van der Waals surface area contributed by atoms with Crippen LogP contribution < -0.4 is 9.81 Å². The minimum absolute atomic E-state index is 0. The molecule has 0 fully saturated rings. The molecule has 0 aliphatic rings. The van der Waals surface area contributed by atoms with Crippen molar-refractivity contribution in [2.24, 2.45) is 0 Å². The molecule has 0 amide bonds. The summed E-state index contributed by atoms with van der Waals surface area (Å²) in [6, 6.07) is 33.2. The van der Waals surface area contributed by atoms with E-state index < -0.39 is 21.8 Å². The molecule has 4 heteroatoms. The zero-order valence-corrected chi connectivity index (χ0v) is 36.6. The van der Waals surface area contributed by atoms with Crippen molar-refractivity contribution >= 4 is 31.6 Å². The maximum atomic E-state index is 4.89. The van der Waals surface area contributed by atoms with Crippen LogP contribution in [0.15, 0.2) is 79.1 Å². The van der Waals surface area contributed by atoms with Crippen LogP contribution >= 0.6 is 0 Å². The average Bonchev–Trinajstić information content (AvgIpc) is 3.01. The fourth-order valence-electron chi connectivity index (χ4n) is 5.93. The van der Waals surface area contributed by atoms with Gasteiger partial charge in [-0.15, -0.1) is 0 Å². The summed E-state index contributed by atoms with van der Waals surface area (Å²) in [4.78, 5) is 9.79. The molecule has 0 atom stereocenters. The SMILES string of the molecule is Cc1cccc(C)[c]1[Bi]([c]1[c-]c(-c2cc(C(C)C)ccn2)cc(C(C)(C)C)c1)[c]1[c-]c(-c2cc(C(C)C)ccn2)cc(C(C)(C)C)c1.[Pt+2]. The number of aryl methyl sites for hydroxylation is 2. The van der Waals surface area contributed by atoms with E-state index in [9.17, 15) is 0 Å². The first-order chi connectivity index (χ1) is 22.0. The van der Waals surface area contributed by atoms with Crippen LogP contribution in [0, 0.1) is 26.0 Å². The van der Waals surface area contributed by atoms with E-state index >= 15 is 0 Å². The van der Waals surface area contributed by atoms with Gasteiger partial charge in [0.2, 0.25) is 0 Å². The smallest absolute Gasteiger partial charge is 2.00 e. The third kappa shape index (κ3) is 8.63. The maximum Gasteiger partial charge on any atom is 2.00 e. The molecule has 0 radical (unpaired) electrons. The van der Waals surface area contributed by atoms with E-state index in [0.29, 0.717) is 11.8 Å². The predicted molar refractivity (Wildman–Crippen MR) is 203 cm³/mol. The fourth-order valence-corrected chi connectivity index (χ4v) is 16.0. The molecule has 5 aromatic rings. The molecular weight excluding hydrogens is 961 g/mol. The van der Waals surface area contributed by atoms with E-state index in [1.165, 1.54) is 43.2 Å². The summed E-state index contributed by atoms with van der Waals surface area (Å²) in [7, 11) is 0. The maximum absolute atomic E-state index is 4.89. The summed E-state index contributed by atoms with van der Waals surface area (Å²) in [5.41, 5.74) is 12.0. The van der Waals surface area contributed by atoms with E-state index in [1.807, 2.05) is 12.4 Å². The second kappa shape index (κ2) is 15.2. The number of hydrogen-bond donors (Lipinski definition) is 0. The summed E-state index contributed by atoms with van der Waals surface area (Å²) in [6.07, 6.45) is 3.91. The molecule has 0 N–H and O–H groups in total. The molecule has 5 rings (SSSR count). The third-order valence-corrected chi connectivity index (χ3v) is 19.1. The van der Waals surface area contributed by atoms with Crippen LogP contribution in [0.5, 0.6) is 0 Å². The number of benzene rings is 3. The molecule has 0 bridgehead atoms. The Morgan fingerprint density at radius 2 is 0.979 bits per heavy atom. The zero-order valence-electron chi connectivity index (χ0n) is 30.8. The van der Waals surface area contributed by atoms with Crippen molar-refractivity contribution in [3.8, 4) is 22.5 Å². The van der Waals surface area contributed by atoms with E-state index in [0.717, 1.165) is 22.5 Å². The predicted octanol–water partition coefficient (Wildman–Crippen LogP) is 9.38. The number of pyridine rings is 2. The molecule has 0 aliphatic heterocycles. The van der Waals surface area contributed by atoms with Gasteiger partial charge in [-0.2, -0.15) is 0 Å². The molecule has 2 nitrogen and oxygen atoms in total. The molecule has 0 saturated carbocycles. The van der Waals surface area contributed by atoms with Gasteiger partial charge < -0.3 is 0 Å². The number of rotatable bonds is 7. The first-order valence-electron chi connectivity index (χ1n) is 17.0. The fraction of sp³-hybridized carbons (Fsp3) is 0.364. The van der Waals surface area contributed by atoms with E-state index in [-0.39, 0.29) is 31.9 Å². The van der Waals surface area contributed by atoms with Crippen LogP contribution in [-0.2, 0) is 31.9 Å². The Bertz CT molecular complexity index is 1760. The summed E-state index contributed by atoms with van der Waals surface area (Å²) in [5, 5.41) is 0. The Morgan fingerprint density at radius 3 is 1.33 bits per heavy atom. The molecule has 0 unspecified atom stereocenters. The first kappa shape index (κ1) is 38.3. The first-order valence-corrected chi connectivity index (χ1v) is 22.2. The van der Waals surface area contributed by atoms with Gasteiger partial charge in [-0.25, -0.2) is 0 Å². The van der Waals surface area contributed by atoms with Crippen molar-refractivity contribution in [1.82, 2.24) is 9.97 Å². The van der Waals surface area contributed by atoms with Gasteiger partial charge in [-0.3, -0.25) is 0 Å². The molecule has 0 saturated heterocycles. The number of nitrogens with zero attached hydrogens (tertiary/aromatic N) is 2. The van der Waals surface area contributed by atoms with E-state index in [4.69, 9.17) is 9.97 Å². The van der Waals surface area contributed by atoms with E-state index in [1.54, 1.807) is 0 Å². The summed E-state index contributed by atoms with van der Waals surface area (Å²) < 4.78 is 4.19. The van der Waals surface area contributed by atoms with Crippen molar-refractivity contribution in [3.05, 3.63) is 125 Å². The van der Waals surface area contributed by atoms with Gasteiger partial charge in [0.05, 0.1) is 0 Å². The minimum Gasteiger partial charge on any atom is 2.00 e. The molecule has 0 spiro atoms. The summed E-state index contributed by atoms with van der Waals surface area (Å²) in [6.45, 7) is 27.4. The molecule has 2 heterocycles. The second-order valence-electron chi connectivity index (χ2n) is 15.7. The molecule has 0 aliphatic carbocycles. The Hall–Kier alpha value is -2.47. The second-order valence-corrected chi connectivity index (χ2v) is 23.8. The molecule has 2 aromatic heterocycles. The van der Waals surface area contributed by atoms with Crippen molar-refractivity contribution in [2.45, 2.75) is 106 Å². The standard InChI is InChI=1S/2C18H21N.C8H9.Bi.Pt/c2*1-13(2)14-9-10-19-17(12-14)15-7-6-8-16(11-15)18(3,4)5;1-7-4-3-5-8(2)6-7;;/h2*8-13H,1-5H3;3-5H,1-2H3;;/q2*-1;;;+2. The molecule has 252 valence electrons. The Labute approximate surface area is 313 Å². The van der Waals surface area contributed by atoms with E-state index in [2.05, 4.69) is 162 Å². The van der Waals surface area contributed by atoms with Gasteiger partial charge >= 0.3 is 316 Å². The average molecular weight is 1010 g/mol. The molecular formula is C44H51BiN2Pt. The van der Waals surface area contributed by atoms with Crippen LogP contribution in [-0.4, -0.2) is 31.7 Å². The largest absolute Gasteiger partial charge is 2.00 e. The van der Waals surface area contributed by atoms with Crippen molar-refractivity contribution in [1.29, 1.82) is 0 Å². The van der Waals surface area contributed by atoms with Crippen LogP contribution in [0.3, 0.4) is 0 Å². The zero-order chi connectivity index (χ0) is 34.3. The van der Waals surface area contributed by atoms with Crippen LogP contribution in [0.2, 0.25) is 0 Å². The normalized spacial score (nSPS) is 12.1. The Morgan fingerprint density at radius 1 is 0.583 bits per heavy atom. The summed E-state index contributed by atoms with van der Waals surface area (Å²) in [5.74, 6) is 0.859. The van der Waals surface area contributed by atoms with Gasteiger partial charge in [-0.1, -0.05) is 0 Å². The topological polar surface area (TPSA) is 25.8 Å². The number of aromatic nitrogens is 2. The Balaban J connectivity index is 0.00000520. The van der Waals surface area contributed by atoms with Crippen molar-refractivity contribution in [2.75, 3.05) is 0 Å². The van der Waals surface area contributed by atoms with Gasteiger partial charge in [0, 0.05) is 0 Å². The Kier molecular flexibility index (Phi) is 12.1. The van der Waals surface area contributed by atoms with Crippen LogP contribution in [0.4, 0.5) is 0 Å². The molecule has 3 aromatic carbocycles. The van der Waals surface area contributed by atoms with Gasteiger partial charge in [-0.05, 0) is 0 Å². The molecule has 48 heavy (non-hydrogen) atoms. The third-order valence-electron chi connectivity index (χ3n) is 9.04. The minimum atomic E-state index is -3.07. The van der Waals surface area contributed by atoms with Crippen LogP contribution in [0.1, 0.15) is 114 Å².